The van der Waals surface area contributed by atoms with Crippen LogP contribution in [-0.4, -0.2) is 58.6 Å². The van der Waals surface area contributed by atoms with Gasteiger partial charge in [0.15, 0.2) is 5.82 Å². The Labute approximate surface area is 173 Å². The number of methoxy groups -OCH3 is 1. The van der Waals surface area contributed by atoms with Gasteiger partial charge in [-0.25, -0.2) is 0 Å². The predicted molar refractivity (Wildman–Crippen MR) is 110 cm³/mol. The number of hydrogen-bond acceptors (Lipinski definition) is 6. The molecule has 0 radical (unpaired) electrons. The lowest BCUT2D eigenvalue weighted by atomic mass is 10.0. The molecule has 1 unspecified atom stereocenters. The van der Waals surface area contributed by atoms with E-state index in [1.165, 1.54) is 11.1 Å². The van der Waals surface area contributed by atoms with E-state index in [0.29, 0.717) is 31.3 Å². The number of amides is 1. The molecule has 1 aromatic carbocycles. The van der Waals surface area contributed by atoms with Crippen LogP contribution in [0.25, 0.3) is 0 Å². The molecule has 1 fully saturated rings. The first kappa shape index (κ1) is 21.5. The number of carbonyl (C=O) groups excluding carboxylic acids is 1. The predicted octanol–water partition coefficient (Wildman–Crippen LogP) is 2.83. The maximum atomic E-state index is 12.3. The summed E-state index contributed by atoms with van der Waals surface area (Å²) in [6, 6.07) is 9.09. The maximum absolute atomic E-state index is 12.3. The summed E-state index contributed by atoms with van der Waals surface area (Å²) in [5.74, 6) is 1.19. The van der Waals surface area contributed by atoms with E-state index in [9.17, 15) is 4.79 Å². The Bertz CT molecular complexity index is 775. The van der Waals surface area contributed by atoms with Crippen molar-refractivity contribution in [2.45, 2.75) is 58.7 Å². The van der Waals surface area contributed by atoms with Gasteiger partial charge in [-0.2, -0.15) is 4.98 Å². The quantitative estimate of drug-likeness (QED) is 0.645. The molecule has 0 aliphatic carbocycles. The Balaban J connectivity index is 1.57. The minimum atomic E-state index is 0.102. The highest BCUT2D eigenvalue weighted by atomic mass is 16.5. The first-order chi connectivity index (χ1) is 14.1. The Morgan fingerprint density at radius 3 is 2.76 bits per heavy atom. The molecule has 1 amide bonds. The number of carbonyl (C=O) groups is 1. The second-order valence-corrected chi connectivity index (χ2v) is 7.70. The summed E-state index contributed by atoms with van der Waals surface area (Å²) < 4.78 is 10.2. The lowest BCUT2D eigenvalue weighted by Crippen LogP contribution is -2.50. The summed E-state index contributed by atoms with van der Waals surface area (Å²) in [7, 11) is 1.59. The molecule has 7 nitrogen and oxygen atoms in total. The molecule has 1 aliphatic heterocycles. The number of aromatic nitrogens is 2. The number of likely N-dealkylation sites (tertiary alicyclic amines) is 1. The van der Waals surface area contributed by atoms with Crippen LogP contribution in [-0.2, 0) is 35.5 Å². The first-order valence-electron chi connectivity index (χ1n) is 10.5. The lowest BCUT2D eigenvalue weighted by molar-refractivity contribution is -0.132. The molecule has 158 valence electrons. The van der Waals surface area contributed by atoms with Gasteiger partial charge in [-0.3, -0.25) is 9.69 Å². The Morgan fingerprint density at radius 2 is 2.07 bits per heavy atom. The van der Waals surface area contributed by atoms with Gasteiger partial charge in [-0.05, 0) is 36.9 Å². The van der Waals surface area contributed by atoms with Gasteiger partial charge in [0.1, 0.15) is 6.61 Å². The van der Waals surface area contributed by atoms with Crippen molar-refractivity contribution < 1.29 is 14.1 Å². The van der Waals surface area contributed by atoms with Gasteiger partial charge in [-0.1, -0.05) is 36.3 Å². The zero-order chi connectivity index (χ0) is 20.6. The lowest BCUT2D eigenvalue weighted by Gasteiger charge is -2.39. The van der Waals surface area contributed by atoms with E-state index >= 15 is 0 Å². The molecule has 2 heterocycles. The maximum Gasteiger partial charge on any atom is 0.252 e. The molecule has 0 N–H and O–H groups in total. The summed E-state index contributed by atoms with van der Waals surface area (Å²) >= 11 is 0. The van der Waals surface area contributed by atoms with Crippen LogP contribution in [0.5, 0.6) is 0 Å². The zero-order valence-electron chi connectivity index (χ0n) is 17.8. The average Bonchev–Trinajstić information content (AvgIpc) is 3.16. The number of aryl methyl sites for hydroxylation is 1. The van der Waals surface area contributed by atoms with Crippen LogP contribution >= 0.6 is 0 Å². The van der Waals surface area contributed by atoms with Crippen LogP contribution in [0.2, 0.25) is 0 Å². The monoisotopic (exact) mass is 400 g/mol. The van der Waals surface area contributed by atoms with Gasteiger partial charge in [-0.15, -0.1) is 0 Å². The van der Waals surface area contributed by atoms with E-state index in [0.717, 1.165) is 38.9 Å². The first-order valence-corrected chi connectivity index (χ1v) is 10.5. The Morgan fingerprint density at radius 1 is 1.31 bits per heavy atom. The van der Waals surface area contributed by atoms with Crippen molar-refractivity contribution in [1.82, 2.24) is 19.9 Å². The van der Waals surface area contributed by atoms with E-state index in [2.05, 4.69) is 46.2 Å². The highest BCUT2D eigenvalue weighted by Crippen LogP contribution is 2.19. The highest BCUT2D eigenvalue weighted by Gasteiger charge is 2.27. The summed E-state index contributed by atoms with van der Waals surface area (Å²) in [6.07, 6.45) is 3.78. The van der Waals surface area contributed by atoms with E-state index in [1.54, 1.807) is 14.0 Å². The van der Waals surface area contributed by atoms with Crippen molar-refractivity contribution in [3.05, 3.63) is 47.1 Å². The third-order valence-electron chi connectivity index (χ3n) is 5.52. The van der Waals surface area contributed by atoms with Crippen molar-refractivity contribution in [2.75, 3.05) is 26.7 Å². The minimum absolute atomic E-state index is 0.102. The average molecular weight is 401 g/mol. The molecule has 0 spiro atoms. The van der Waals surface area contributed by atoms with E-state index in [4.69, 9.17) is 9.26 Å². The zero-order valence-corrected chi connectivity index (χ0v) is 17.8. The van der Waals surface area contributed by atoms with Crippen molar-refractivity contribution >= 4 is 5.91 Å². The standard InChI is InChI=1S/C22H32N4O3/c1-4-18-7-9-19(10-8-18)14-25-12-5-6-20(15-25)26(17(2)27)13-11-21-23-22(16-28-3)29-24-21/h7-10,20H,4-6,11-16H2,1-3H3. The van der Waals surface area contributed by atoms with Crippen LogP contribution in [0.15, 0.2) is 28.8 Å². The molecular weight excluding hydrogens is 368 g/mol. The van der Waals surface area contributed by atoms with Gasteiger partial charge in [0.2, 0.25) is 5.91 Å². The number of ether oxygens (including phenoxy) is 1. The smallest absolute Gasteiger partial charge is 0.252 e. The number of piperidine rings is 1. The largest absolute Gasteiger partial charge is 0.375 e. The van der Waals surface area contributed by atoms with Gasteiger partial charge >= 0.3 is 0 Å². The fraction of sp³-hybridized carbons (Fsp3) is 0.591. The molecule has 7 heteroatoms. The highest BCUT2D eigenvalue weighted by molar-refractivity contribution is 5.73. The Hall–Kier alpha value is -2.25. The number of benzene rings is 1. The number of nitrogens with zero attached hydrogens (tertiary/aromatic N) is 4. The van der Waals surface area contributed by atoms with E-state index in [-0.39, 0.29) is 11.9 Å². The third-order valence-corrected chi connectivity index (χ3v) is 5.52. The minimum Gasteiger partial charge on any atom is -0.375 e. The molecular formula is C22H32N4O3. The van der Waals surface area contributed by atoms with Crippen molar-refractivity contribution in [1.29, 1.82) is 0 Å². The van der Waals surface area contributed by atoms with Crippen LogP contribution in [0.1, 0.15) is 49.5 Å². The van der Waals surface area contributed by atoms with E-state index in [1.807, 2.05) is 4.90 Å². The summed E-state index contributed by atoms with van der Waals surface area (Å²) in [6.45, 7) is 7.63. The summed E-state index contributed by atoms with van der Waals surface area (Å²) in [5.41, 5.74) is 2.69. The molecule has 1 aromatic heterocycles. The van der Waals surface area contributed by atoms with Crippen LogP contribution in [0, 0.1) is 0 Å². The second kappa shape index (κ2) is 10.5. The fourth-order valence-corrected chi connectivity index (χ4v) is 3.96. The van der Waals surface area contributed by atoms with Crippen LogP contribution < -0.4 is 0 Å². The topological polar surface area (TPSA) is 71.7 Å². The van der Waals surface area contributed by atoms with Crippen molar-refractivity contribution in [3.8, 4) is 0 Å². The molecule has 1 atom stereocenters. The second-order valence-electron chi connectivity index (χ2n) is 7.70. The molecule has 0 bridgehead atoms. The molecule has 0 saturated carbocycles. The van der Waals surface area contributed by atoms with Crippen LogP contribution in [0.3, 0.4) is 0 Å². The van der Waals surface area contributed by atoms with Gasteiger partial charge in [0.25, 0.3) is 5.89 Å². The molecule has 29 heavy (non-hydrogen) atoms. The van der Waals surface area contributed by atoms with Gasteiger partial charge in [0, 0.05) is 46.1 Å². The van der Waals surface area contributed by atoms with Crippen molar-refractivity contribution in [2.24, 2.45) is 0 Å². The molecule has 2 aromatic rings. The number of hydrogen-bond donors (Lipinski definition) is 0. The van der Waals surface area contributed by atoms with Crippen molar-refractivity contribution in [3.63, 3.8) is 0 Å². The normalized spacial score (nSPS) is 17.4. The van der Waals surface area contributed by atoms with E-state index < -0.39 is 0 Å². The fourth-order valence-electron chi connectivity index (χ4n) is 3.96. The third kappa shape index (κ3) is 6.11. The summed E-state index contributed by atoms with van der Waals surface area (Å²) in [5, 5.41) is 3.98. The Kier molecular flexibility index (Phi) is 7.77. The van der Waals surface area contributed by atoms with Gasteiger partial charge < -0.3 is 14.2 Å². The molecule has 1 saturated heterocycles. The van der Waals surface area contributed by atoms with Crippen LogP contribution in [0.4, 0.5) is 0 Å². The van der Waals surface area contributed by atoms with Gasteiger partial charge in [0.05, 0.1) is 0 Å². The molecule has 1 aliphatic rings. The summed E-state index contributed by atoms with van der Waals surface area (Å²) in [4.78, 5) is 21.1. The molecule has 3 rings (SSSR count). The number of rotatable bonds is 9. The SMILES string of the molecule is CCc1ccc(CN2CCCC(N(CCc3noc(COC)n3)C(C)=O)C2)cc1.